The maximum Gasteiger partial charge on any atom is 0.283 e. The van der Waals surface area contributed by atoms with Crippen LogP contribution in [-0.4, -0.2) is 21.4 Å². The maximum absolute atomic E-state index is 11.1. The van der Waals surface area contributed by atoms with Gasteiger partial charge in [0.1, 0.15) is 6.29 Å². The van der Waals surface area contributed by atoms with Gasteiger partial charge in [0.05, 0.1) is 0 Å². The van der Waals surface area contributed by atoms with Gasteiger partial charge in [0.25, 0.3) is 9.04 Å². The predicted octanol–water partition coefficient (Wildman–Crippen LogP) is 3.97. The molecule has 0 N–H and O–H groups in total. The molecule has 2 aliphatic carbocycles. The largest absolute Gasteiger partial charge is 0.404 e. The first-order chi connectivity index (χ1) is 13.4. The average molecular weight is 392 g/mol. The summed E-state index contributed by atoms with van der Waals surface area (Å²) in [6.45, 7) is 8.83. The third-order valence-electron chi connectivity index (χ3n) is 6.62. The van der Waals surface area contributed by atoms with Crippen LogP contribution >= 0.6 is 0 Å². The Bertz CT molecular complexity index is 797. The number of fused-ring (bicyclic) bond motifs is 1. The van der Waals surface area contributed by atoms with E-state index in [2.05, 4.69) is 82.3 Å². The zero-order valence-electron chi connectivity index (χ0n) is 17.4. The summed E-state index contributed by atoms with van der Waals surface area (Å²) in [7, 11) is -1.26. The molecule has 0 aliphatic heterocycles. The van der Waals surface area contributed by atoms with E-state index in [4.69, 9.17) is 4.43 Å². The van der Waals surface area contributed by atoms with E-state index < -0.39 is 9.04 Å². The van der Waals surface area contributed by atoms with Crippen LogP contribution in [0.25, 0.3) is 0 Å². The van der Waals surface area contributed by atoms with Gasteiger partial charge in [-0.2, -0.15) is 0 Å². The van der Waals surface area contributed by atoms with Crippen LogP contribution in [0.4, 0.5) is 0 Å². The number of benzene rings is 2. The first-order valence-corrected chi connectivity index (χ1v) is 11.9. The van der Waals surface area contributed by atoms with Gasteiger partial charge in [-0.3, -0.25) is 0 Å². The van der Waals surface area contributed by atoms with Crippen LogP contribution in [-0.2, 0) is 14.6 Å². The molecule has 1 radical (unpaired) electrons. The molecule has 0 amide bonds. The van der Waals surface area contributed by atoms with Crippen molar-refractivity contribution < 1.29 is 9.22 Å². The molecule has 0 bridgehead atoms. The molecule has 3 atom stereocenters. The molecule has 2 nitrogen and oxygen atoms in total. The normalized spacial score (nSPS) is 27.5. The Hall–Kier alpha value is -1.71. The van der Waals surface area contributed by atoms with Crippen molar-refractivity contribution in [3.05, 3.63) is 60.2 Å². The number of aldehydes is 1. The van der Waals surface area contributed by atoms with Crippen LogP contribution in [0, 0.1) is 23.7 Å². The summed E-state index contributed by atoms with van der Waals surface area (Å²) in [5, 5.41) is 2.64. The Morgan fingerprint density at radius 2 is 1.54 bits per heavy atom. The average Bonchev–Trinajstić information content (AvgIpc) is 3.20. The fourth-order valence-corrected chi connectivity index (χ4v) is 7.09. The number of rotatable bonds is 6. The van der Waals surface area contributed by atoms with Crippen LogP contribution in [0.2, 0.25) is 0 Å². The van der Waals surface area contributed by atoms with Crippen molar-refractivity contribution in [3.8, 4) is 0 Å². The zero-order chi connectivity index (χ0) is 19.9. The smallest absolute Gasteiger partial charge is 0.283 e. The van der Waals surface area contributed by atoms with E-state index in [1.54, 1.807) is 0 Å². The lowest BCUT2D eigenvalue weighted by molar-refractivity contribution is -0.111. The molecule has 2 aromatic carbocycles. The lowest BCUT2D eigenvalue weighted by atomic mass is 9.87. The van der Waals surface area contributed by atoms with Crippen LogP contribution in [0.5, 0.6) is 0 Å². The van der Waals surface area contributed by atoms with Crippen LogP contribution in [0.3, 0.4) is 0 Å². The van der Waals surface area contributed by atoms with Gasteiger partial charge in [0.2, 0.25) is 0 Å². The highest BCUT2D eigenvalue weighted by atomic mass is 28.3. The molecule has 28 heavy (non-hydrogen) atoms. The van der Waals surface area contributed by atoms with E-state index in [-0.39, 0.29) is 11.3 Å². The highest BCUT2D eigenvalue weighted by Gasteiger charge is 2.58. The summed E-state index contributed by atoms with van der Waals surface area (Å²) in [6.07, 6.45) is 3.71. The molecule has 0 spiro atoms. The van der Waals surface area contributed by atoms with Crippen molar-refractivity contribution >= 4 is 25.7 Å². The standard InChI is InChI=1S/C25H31O2Si/c1-17(16-26)24-22-14-19(15-23(22)24)27-28(20-8-6-5-7-9-20)21-12-10-18(11-13-21)25(2,3)4/h5-13,16-17,19,22-24H,14-15H2,1-4H3. The summed E-state index contributed by atoms with van der Waals surface area (Å²) >= 11 is 0. The molecular formula is C25H31O2Si. The summed E-state index contributed by atoms with van der Waals surface area (Å²) in [5.41, 5.74) is 1.52. The predicted molar refractivity (Wildman–Crippen MR) is 116 cm³/mol. The second-order valence-corrected chi connectivity index (χ2v) is 11.7. The Kier molecular flexibility index (Phi) is 5.32. The number of hydrogen-bond donors (Lipinski definition) is 0. The van der Waals surface area contributed by atoms with Gasteiger partial charge in [0.15, 0.2) is 0 Å². The molecule has 2 saturated carbocycles. The first-order valence-electron chi connectivity index (χ1n) is 10.5. The second kappa shape index (κ2) is 7.60. The number of carbonyl (C=O) groups is 1. The molecule has 0 saturated heterocycles. The molecule has 0 aromatic heterocycles. The maximum atomic E-state index is 11.1. The lowest BCUT2D eigenvalue weighted by Gasteiger charge is -2.24. The minimum Gasteiger partial charge on any atom is -0.404 e. The highest BCUT2D eigenvalue weighted by molar-refractivity contribution is 6.80. The number of hydrogen-bond acceptors (Lipinski definition) is 2. The first kappa shape index (κ1) is 19.6. The Labute approximate surface area is 171 Å². The molecule has 2 aromatic rings. The van der Waals surface area contributed by atoms with Gasteiger partial charge in [-0.1, -0.05) is 82.3 Å². The third kappa shape index (κ3) is 3.88. The van der Waals surface area contributed by atoms with E-state index >= 15 is 0 Å². The van der Waals surface area contributed by atoms with Crippen molar-refractivity contribution in [1.82, 2.24) is 0 Å². The molecule has 4 rings (SSSR count). The van der Waals surface area contributed by atoms with Crippen molar-refractivity contribution in [1.29, 1.82) is 0 Å². The molecule has 3 unspecified atom stereocenters. The molecule has 147 valence electrons. The molecule has 2 aliphatic rings. The summed E-state index contributed by atoms with van der Waals surface area (Å²) in [4.78, 5) is 11.1. The van der Waals surface area contributed by atoms with E-state index in [0.29, 0.717) is 23.9 Å². The van der Waals surface area contributed by atoms with Crippen molar-refractivity contribution in [2.24, 2.45) is 23.7 Å². The van der Waals surface area contributed by atoms with Gasteiger partial charge in [-0.05, 0) is 51.9 Å². The molecule has 0 heterocycles. The van der Waals surface area contributed by atoms with E-state index in [1.807, 2.05) is 0 Å². The highest BCUT2D eigenvalue weighted by Crippen LogP contribution is 2.60. The van der Waals surface area contributed by atoms with E-state index in [1.165, 1.54) is 15.9 Å². The fourth-order valence-electron chi connectivity index (χ4n) is 4.99. The van der Waals surface area contributed by atoms with Gasteiger partial charge in [-0.25, -0.2) is 0 Å². The van der Waals surface area contributed by atoms with Gasteiger partial charge < -0.3 is 9.22 Å². The van der Waals surface area contributed by atoms with E-state index in [0.717, 1.165) is 19.1 Å². The summed E-state index contributed by atoms with van der Waals surface area (Å²) < 4.78 is 6.79. The zero-order valence-corrected chi connectivity index (χ0v) is 18.4. The molecule has 2 fully saturated rings. The monoisotopic (exact) mass is 391 g/mol. The Balaban J connectivity index is 1.51. The molecular weight excluding hydrogens is 360 g/mol. The van der Waals surface area contributed by atoms with Crippen LogP contribution < -0.4 is 10.4 Å². The quantitative estimate of drug-likeness (QED) is 0.550. The molecule has 3 heteroatoms. The van der Waals surface area contributed by atoms with Gasteiger partial charge in [0, 0.05) is 12.0 Å². The Morgan fingerprint density at radius 3 is 2.07 bits per heavy atom. The van der Waals surface area contributed by atoms with E-state index in [9.17, 15) is 4.79 Å². The Morgan fingerprint density at radius 1 is 0.964 bits per heavy atom. The number of carbonyl (C=O) groups excluding carboxylic acids is 1. The third-order valence-corrected chi connectivity index (χ3v) is 8.91. The van der Waals surface area contributed by atoms with Crippen LogP contribution in [0.1, 0.15) is 46.1 Å². The fraction of sp³-hybridized carbons (Fsp3) is 0.480. The van der Waals surface area contributed by atoms with Crippen LogP contribution in [0.15, 0.2) is 54.6 Å². The van der Waals surface area contributed by atoms with Gasteiger partial charge >= 0.3 is 0 Å². The van der Waals surface area contributed by atoms with Crippen molar-refractivity contribution in [2.75, 3.05) is 0 Å². The minimum atomic E-state index is -1.26. The lowest BCUT2D eigenvalue weighted by Crippen LogP contribution is -2.47. The van der Waals surface area contributed by atoms with Gasteiger partial charge in [-0.15, -0.1) is 0 Å². The topological polar surface area (TPSA) is 26.3 Å². The second-order valence-electron chi connectivity index (χ2n) is 9.63. The van der Waals surface area contributed by atoms with Crippen molar-refractivity contribution in [3.63, 3.8) is 0 Å². The summed E-state index contributed by atoms with van der Waals surface area (Å²) in [5.74, 6) is 2.22. The minimum absolute atomic E-state index is 0.163. The SMILES string of the molecule is CC(C=O)C1C2CC(O[Si](c3ccccc3)c3ccc(C(C)(C)C)cc3)CC21. The van der Waals surface area contributed by atoms with Crippen molar-refractivity contribution in [2.45, 2.75) is 52.1 Å². The summed E-state index contributed by atoms with van der Waals surface area (Å²) in [6, 6.07) is 19.8.